The number of benzene rings is 1. The highest BCUT2D eigenvalue weighted by Gasteiger charge is 2.22. The van der Waals surface area contributed by atoms with E-state index in [2.05, 4.69) is 14.5 Å². The van der Waals surface area contributed by atoms with Crippen LogP contribution in [0.25, 0.3) is 0 Å². The molecule has 2 aromatic rings. The average molecular weight is 314 g/mol. The summed E-state index contributed by atoms with van der Waals surface area (Å²) >= 11 is 0. The minimum atomic E-state index is -0.255. The van der Waals surface area contributed by atoms with E-state index in [9.17, 15) is 4.79 Å². The van der Waals surface area contributed by atoms with Crippen LogP contribution in [0.2, 0.25) is 0 Å². The normalized spacial score (nSPS) is 15.6. The molecule has 1 saturated heterocycles. The highest BCUT2D eigenvalue weighted by Crippen LogP contribution is 2.11. The Morgan fingerprint density at radius 2 is 1.87 bits per heavy atom. The van der Waals surface area contributed by atoms with E-state index in [-0.39, 0.29) is 6.09 Å². The first kappa shape index (κ1) is 15.6. The second kappa shape index (κ2) is 7.78. The van der Waals surface area contributed by atoms with Crippen molar-refractivity contribution in [2.75, 3.05) is 32.7 Å². The van der Waals surface area contributed by atoms with E-state index in [1.54, 1.807) is 23.2 Å². The van der Waals surface area contributed by atoms with E-state index >= 15 is 0 Å². The van der Waals surface area contributed by atoms with Crippen molar-refractivity contribution in [1.82, 2.24) is 19.4 Å². The van der Waals surface area contributed by atoms with Gasteiger partial charge in [-0.25, -0.2) is 9.78 Å². The number of aromatic nitrogens is 2. The largest absolute Gasteiger partial charge is 0.415 e. The Balaban J connectivity index is 1.37. The van der Waals surface area contributed by atoms with Crippen LogP contribution in [-0.4, -0.2) is 58.2 Å². The van der Waals surface area contributed by atoms with Crippen molar-refractivity contribution in [2.24, 2.45) is 0 Å². The molecule has 0 saturated carbocycles. The monoisotopic (exact) mass is 314 g/mol. The molecule has 1 aliphatic rings. The molecule has 0 bridgehead atoms. The van der Waals surface area contributed by atoms with E-state index in [1.807, 2.05) is 30.7 Å². The lowest BCUT2D eigenvalue weighted by Gasteiger charge is -2.34. The van der Waals surface area contributed by atoms with Crippen molar-refractivity contribution < 1.29 is 9.53 Å². The van der Waals surface area contributed by atoms with E-state index in [4.69, 9.17) is 4.74 Å². The summed E-state index contributed by atoms with van der Waals surface area (Å²) in [6.45, 7) is 5.26. The molecule has 1 aromatic heterocycles. The van der Waals surface area contributed by atoms with Crippen LogP contribution in [0.3, 0.4) is 0 Å². The first-order valence-electron chi connectivity index (χ1n) is 8.01. The Kier molecular flexibility index (Phi) is 5.26. The quantitative estimate of drug-likeness (QED) is 0.848. The summed E-state index contributed by atoms with van der Waals surface area (Å²) in [7, 11) is 0. The molecule has 0 radical (unpaired) electrons. The van der Waals surface area contributed by atoms with Crippen LogP contribution in [0.4, 0.5) is 4.79 Å². The molecule has 122 valence electrons. The Morgan fingerprint density at radius 1 is 1.09 bits per heavy atom. The van der Waals surface area contributed by atoms with Gasteiger partial charge in [-0.2, -0.15) is 0 Å². The maximum Gasteiger partial charge on any atom is 0.415 e. The third-order valence-corrected chi connectivity index (χ3v) is 4.03. The zero-order valence-corrected chi connectivity index (χ0v) is 13.2. The van der Waals surface area contributed by atoms with Crippen LogP contribution in [-0.2, 0) is 6.54 Å². The number of hydrogen-bond donors (Lipinski definition) is 0. The third kappa shape index (κ3) is 4.56. The molecule has 1 aromatic carbocycles. The van der Waals surface area contributed by atoms with Crippen LogP contribution in [0, 0.1) is 0 Å². The topological polar surface area (TPSA) is 50.6 Å². The highest BCUT2D eigenvalue weighted by molar-refractivity contribution is 5.70. The van der Waals surface area contributed by atoms with Gasteiger partial charge in [0, 0.05) is 45.1 Å². The van der Waals surface area contributed by atoms with Crippen molar-refractivity contribution in [3.05, 3.63) is 49.1 Å². The third-order valence-electron chi connectivity index (χ3n) is 4.03. The minimum Gasteiger partial charge on any atom is -0.410 e. The Labute approximate surface area is 136 Å². The number of carbonyl (C=O) groups is 1. The van der Waals surface area contributed by atoms with Gasteiger partial charge in [0.25, 0.3) is 0 Å². The van der Waals surface area contributed by atoms with Crippen molar-refractivity contribution in [2.45, 2.75) is 13.0 Å². The average Bonchev–Trinajstić information content (AvgIpc) is 3.10. The molecule has 6 heteroatoms. The summed E-state index contributed by atoms with van der Waals surface area (Å²) in [5, 5.41) is 0. The van der Waals surface area contributed by atoms with Gasteiger partial charge in [0.2, 0.25) is 0 Å². The number of piperazine rings is 1. The molecular formula is C17H22N4O2. The second-order valence-corrected chi connectivity index (χ2v) is 5.66. The SMILES string of the molecule is O=C(Oc1ccccc1)N1CCN(CCCn2ccnc2)CC1. The minimum absolute atomic E-state index is 0.255. The zero-order valence-electron chi connectivity index (χ0n) is 13.2. The standard InChI is InChI=1S/C17H22N4O2/c22-17(23-16-5-2-1-3-6-16)21-13-11-19(12-14-21)8-4-9-20-10-7-18-15-20/h1-3,5-7,10,15H,4,8-9,11-14H2. The van der Waals surface area contributed by atoms with Gasteiger partial charge in [-0.1, -0.05) is 18.2 Å². The zero-order chi connectivity index (χ0) is 15.9. The molecule has 0 spiro atoms. The summed E-state index contributed by atoms with van der Waals surface area (Å²) in [6.07, 6.45) is 6.46. The summed E-state index contributed by atoms with van der Waals surface area (Å²) in [4.78, 5) is 20.3. The Hall–Kier alpha value is -2.34. The Bertz CT molecular complexity index is 592. The fraction of sp³-hybridized carbons (Fsp3) is 0.412. The van der Waals surface area contributed by atoms with Gasteiger partial charge in [0.05, 0.1) is 6.33 Å². The van der Waals surface area contributed by atoms with Crippen LogP contribution in [0.15, 0.2) is 49.1 Å². The number of rotatable bonds is 5. The lowest BCUT2D eigenvalue weighted by Crippen LogP contribution is -2.49. The first-order valence-corrected chi connectivity index (χ1v) is 8.01. The lowest BCUT2D eigenvalue weighted by molar-refractivity contribution is 0.109. The number of nitrogens with zero attached hydrogens (tertiary/aromatic N) is 4. The highest BCUT2D eigenvalue weighted by atomic mass is 16.6. The molecule has 1 fully saturated rings. The van der Waals surface area contributed by atoms with E-state index in [0.717, 1.165) is 45.7 Å². The Morgan fingerprint density at radius 3 is 2.57 bits per heavy atom. The van der Waals surface area contributed by atoms with Crippen LogP contribution < -0.4 is 4.74 Å². The van der Waals surface area contributed by atoms with Crippen LogP contribution in [0.5, 0.6) is 5.75 Å². The summed E-state index contributed by atoms with van der Waals surface area (Å²) in [6, 6.07) is 9.22. The van der Waals surface area contributed by atoms with Crippen molar-refractivity contribution >= 4 is 6.09 Å². The summed E-state index contributed by atoms with van der Waals surface area (Å²) in [5.74, 6) is 0.597. The van der Waals surface area contributed by atoms with E-state index in [1.165, 1.54) is 0 Å². The van der Waals surface area contributed by atoms with Gasteiger partial charge in [-0.15, -0.1) is 0 Å². The summed E-state index contributed by atoms with van der Waals surface area (Å²) in [5.41, 5.74) is 0. The molecular weight excluding hydrogens is 292 g/mol. The smallest absolute Gasteiger partial charge is 0.410 e. The number of aryl methyl sites for hydroxylation is 1. The number of hydrogen-bond acceptors (Lipinski definition) is 4. The van der Waals surface area contributed by atoms with Crippen molar-refractivity contribution in [3.63, 3.8) is 0 Å². The van der Waals surface area contributed by atoms with Gasteiger partial charge < -0.3 is 14.2 Å². The molecule has 23 heavy (non-hydrogen) atoms. The van der Waals surface area contributed by atoms with Crippen LogP contribution >= 0.6 is 0 Å². The van der Waals surface area contributed by atoms with Gasteiger partial charge in [0.1, 0.15) is 5.75 Å². The molecule has 6 nitrogen and oxygen atoms in total. The van der Waals surface area contributed by atoms with Gasteiger partial charge in [0.15, 0.2) is 0 Å². The molecule has 0 aliphatic carbocycles. The molecule has 2 heterocycles. The number of para-hydroxylation sites is 1. The molecule has 1 amide bonds. The molecule has 0 unspecified atom stereocenters. The fourth-order valence-electron chi connectivity index (χ4n) is 2.70. The first-order chi connectivity index (χ1) is 11.3. The second-order valence-electron chi connectivity index (χ2n) is 5.66. The predicted octanol–water partition coefficient (Wildman–Crippen LogP) is 2.09. The van der Waals surface area contributed by atoms with Crippen LogP contribution in [0.1, 0.15) is 6.42 Å². The van der Waals surface area contributed by atoms with Crippen molar-refractivity contribution in [1.29, 1.82) is 0 Å². The van der Waals surface area contributed by atoms with E-state index < -0.39 is 0 Å². The predicted molar refractivity (Wildman–Crippen MR) is 87.3 cm³/mol. The van der Waals surface area contributed by atoms with Crippen molar-refractivity contribution in [3.8, 4) is 5.75 Å². The maximum atomic E-state index is 12.1. The fourth-order valence-corrected chi connectivity index (χ4v) is 2.70. The molecule has 0 atom stereocenters. The lowest BCUT2D eigenvalue weighted by atomic mass is 10.3. The summed E-state index contributed by atoms with van der Waals surface area (Å²) < 4.78 is 7.47. The molecule has 0 N–H and O–H groups in total. The maximum absolute atomic E-state index is 12.1. The number of ether oxygens (including phenoxy) is 1. The number of imidazole rings is 1. The van der Waals surface area contributed by atoms with Gasteiger partial charge >= 0.3 is 6.09 Å². The van der Waals surface area contributed by atoms with E-state index in [0.29, 0.717) is 5.75 Å². The molecule has 3 rings (SSSR count). The molecule has 1 aliphatic heterocycles. The number of carbonyl (C=O) groups excluding carboxylic acids is 1. The number of amides is 1. The van der Waals surface area contributed by atoms with Gasteiger partial charge in [-0.05, 0) is 25.1 Å². The van der Waals surface area contributed by atoms with Gasteiger partial charge in [-0.3, -0.25) is 4.90 Å².